The number of carboxylic acids is 1. The second-order valence-corrected chi connectivity index (χ2v) is 13.3. The molecule has 54 heavy (non-hydrogen) atoms. The zero-order valence-corrected chi connectivity index (χ0v) is 31.5. The second kappa shape index (κ2) is 18.1. The van der Waals surface area contributed by atoms with E-state index in [1.54, 1.807) is 13.8 Å². The molecule has 0 spiro atoms. The number of carbonyl (C=O) groups excluding carboxylic acids is 4. The van der Waals surface area contributed by atoms with Gasteiger partial charge in [-0.25, -0.2) is 9.59 Å². The lowest BCUT2D eigenvalue weighted by Crippen LogP contribution is -2.70. The summed E-state index contributed by atoms with van der Waals surface area (Å²) in [5, 5.41) is 66.2. The van der Waals surface area contributed by atoms with Crippen molar-refractivity contribution in [1.82, 2.24) is 0 Å². The van der Waals surface area contributed by atoms with Crippen molar-refractivity contribution < 1.29 is 82.7 Å². The molecule has 6 N–H and O–H groups in total. The molecular formula is C34H46N2O17S. The zero-order valence-electron chi connectivity index (χ0n) is 30.7. The summed E-state index contributed by atoms with van der Waals surface area (Å²) in [6.45, 7) is 8.03. The van der Waals surface area contributed by atoms with Gasteiger partial charge in [0.15, 0.2) is 35.1 Å². The van der Waals surface area contributed by atoms with Gasteiger partial charge in [0.2, 0.25) is 0 Å². The summed E-state index contributed by atoms with van der Waals surface area (Å²) in [6, 6.07) is 0. The first-order chi connectivity index (χ1) is 25.2. The minimum Gasteiger partial charge on any atom is -0.508 e. The van der Waals surface area contributed by atoms with Gasteiger partial charge in [-0.1, -0.05) is 19.9 Å². The molecule has 1 aliphatic carbocycles. The standard InChI is InChI=1S/C34H46N2O17S/c1-8-14(3)31(43)50-16(5)34(46)15(4)49-22(10-21(34)47-7)52-27-25(39)29(33(45)11-19(38)24(35)23(28(33)40)30(41)42)51-20(12-48-17(6)37)26(27)53-32(44)18(9-2)36-13-54/h9,14-16,20-22,25-27,29,35,39-40,45-46H,8,10-12H2,1-7H3,(H,41,42)/b18-9-,35-24?. The first kappa shape index (κ1) is 44.4. The number of methoxy groups -OCH3 is 1. The zero-order chi connectivity index (χ0) is 40.9. The highest BCUT2D eigenvalue weighted by Gasteiger charge is 2.62. The van der Waals surface area contributed by atoms with Gasteiger partial charge < -0.3 is 58.7 Å². The van der Waals surface area contributed by atoms with E-state index in [1.165, 1.54) is 34.0 Å². The fourth-order valence-electron chi connectivity index (χ4n) is 6.46. The smallest absolute Gasteiger partial charge is 0.357 e. The third-order valence-electron chi connectivity index (χ3n) is 9.77. The molecular weight excluding hydrogens is 740 g/mol. The number of carbonyl (C=O) groups is 5. The summed E-state index contributed by atoms with van der Waals surface area (Å²) >= 11 is 4.60. The molecule has 0 aromatic rings. The highest BCUT2D eigenvalue weighted by molar-refractivity contribution is 7.78. The largest absolute Gasteiger partial charge is 0.508 e. The van der Waals surface area contributed by atoms with Gasteiger partial charge in [0.05, 0.1) is 29.7 Å². The van der Waals surface area contributed by atoms with E-state index in [4.69, 9.17) is 38.6 Å². The quantitative estimate of drug-likeness (QED) is 0.0458. The number of rotatable bonds is 14. The molecule has 2 aliphatic heterocycles. The maximum atomic E-state index is 13.3. The van der Waals surface area contributed by atoms with Crippen molar-refractivity contribution in [3.8, 4) is 0 Å². The van der Waals surface area contributed by atoms with E-state index < -0.39 is 132 Å². The number of aliphatic hydroxyl groups excluding tert-OH is 2. The van der Waals surface area contributed by atoms with Crippen molar-refractivity contribution in [2.45, 2.75) is 127 Å². The minimum absolute atomic E-state index is 0.323. The van der Waals surface area contributed by atoms with Crippen LogP contribution in [-0.2, 0) is 57.1 Å². The number of isothiocyanates is 1. The maximum Gasteiger partial charge on any atom is 0.357 e. The number of aliphatic imine (C=N–C) groups is 1. The topological polar surface area (TPSA) is 287 Å². The summed E-state index contributed by atoms with van der Waals surface area (Å²) in [5.41, 5.74) is -7.74. The number of allylic oxidation sites excluding steroid dienone is 1. The number of ketones is 1. The number of aliphatic hydroxyl groups is 4. The number of aliphatic carboxylic acids is 1. The highest BCUT2D eigenvalue weighted by atomic mass is 32.1. The average molecular weight is 787 g/mol. The lowest BCUT2D eigenvalue weighted by atomic mass is 9.74. The SMILES string of the molecule is C/C=C(\N=C=S)C(=O)OC1C(COC(C)=O)OC(C2(O)CC(=O)C(=N)C(C(=O)O)=C2O)C(O)C1OC1CC(OC)C(O)(C(C)OC(=O)C(C)CC)C(C)O1. The van der Waals surface area contributed by atoms with E-state index in [9.17, 15) is 49.5 Å². The number of nitrogens with one attached hydrogen (secondary N) is 1. The van der Waals surface area contributed by atoms with Crippen LogP contribution in [0.4, 0.5) is 0 Å². The van der Waals surface area contributed by atoms with Crippen LogP contribution in [-0.4, -0.2) is 146 Å². The Labute approximate surface area is 315 Å². The number of hydrogen-bond donors (Lipinski definition) is 6. The van der Waals surface area contributed by atoms with E-state index in [1.807, 2.05) is 5.16 Å². The van der Waals surface area contributed by atoms with E-state index >= 15 is 0 Å². The molecule has 0 aromatic heterocycles. The number of nitrogens with zero attached hydrogens (tertiary/aromatic N) is 1. The van der Waals surface area contributed by atoms with E-state index in [-0.39, 0.29) is 12.1 Å². The predicted molar refractivity (Wildman–Crippen MR) is 184 cm³/mol. The van der Waals surface area contributed by atoms with Crippen molar-refractivity contribution in [2.75, 3.05) is 13.7 Å². The summed E-state index contributed by atoms with van der Waals surface area (Å²) in [7, 11) is 1.27. The summed E-state index contributed by atoms with van der Waals surface area (Å²) in [6.07, 6.45) is -14.5. The van der Waals surface area contributed by atoms with Crippen molar-refractivity contribution in [3.63, 3.8) is 0 Å². The third-order valence-corrected chi connectivity index (χ3v) is 9.86. The van der Waals surface area contributed by atoms with Gasteiger partial charge in [-0.05, 0) is 39.4 Å². The number of esters is 3. The second-order valence-electron chi connectivity index (χ2n) is 13.1. The number of ether oxygens (including phenoxy) is 7. The van der Waals surface area contributed by atoms with Crippen LogP contribution in [0.3, 0.4) is 0 Å². The third kappa shape index (κ3) is 8.93. The first-order valence-electron chi connectivity index (χ1n) is 16.9. The van der Waals surface area contributed by atoms with E-state index in [0.717, 1.165) is 6.92 Å². The molecule has 19 nitrogen and oxygen atoms in total. The lowest BCUT2D eigenvalue weighted by molar-refractivity contribution is -0.345. The van der Waals surface area contributed by atoms with Crippen LogP contribution in [0.15, 0.2) is 28.1 Å². The van der Waals surface area contributed by atoms with Gasteiger partial charge in [0.25, 0.3) is 0 Å². The number of Topliss-reactive ketones (excluding diaryl/α,β-unsaturated/α-hetero) is 1. The first-order valence-corrected chi connectivity index (χ1v) is 17.3. The Hall–Kier alpha value is -3.98. The molecule has 3 rings (SSSR count). The monoisotopic (exact) mass is 786 g/mol. The van der Waals surface area contributed by atoms with Gasteiger partial charge in [-0.15, -0.1) is 0 Å². The van der Waals surface area contributed by atoms with Gasteiger partial charge in [-0.2, -0.15) is 4.99 Å². The van der Waals surface area contributed by atoms with E-state index in [0.29, 0.717) is 6.42 Å². The summed E-state index contributed by atoms with van der Waals surface area (Å²) in [5.74, 6) is -7.65. The lowest BCUT2D eigenvalue weighted by Gasteiger charge is -2.52. The molecule has 0 radical (unpaired) electrons. The van der Waals surface area contributed by atoms with Crippen molar-refractivity contribution in [3.05, 3.63) is 23.1 Å². The molecule has 300 valence electrons. The van der Waals surface area contributed by atoms with Crippen molar-refractivity contribution in [2.24, 2.45) is 10.9 Å². The molecule has 0 aromatic carbocycles. The van der Waals surface area contributed by atoms with Crippen LogP contribution in [0.1, 0.15) is 60.8 Å². The Morgan fingerprint density at radius 2 is 1.83 bits per heavy atom. The van der Waals surface area contributed by atoms with Crippen LogP contribution in [0.25, 0.3) is 0 Å². The average Bonchev–Trinajstić information content (AvgIpc) is 3.11. The normalized spacial score (nSPS) is 34.3. The molecule has 0 saturated carbocycles. The van der Waals surface area contributed by atoms with Crippen LogP contribution < -0.4 is 0 Å². The molecule has 0 amide bonds. The number of thiocarbonyl (C=S) groups is 1. The Bertz CT molecular complexity index is 1610. The van der Waals surface area contributed by atoms with Crippen LogP contribution in [0.5, 0.6) is 0 Å². The van der Waals surface area contributed by atoms with Crippen molar-refractivity contribution >= 4 is 52.8 Å². The van der Waals surface area contributed by atoms with Gasteiger partial charge in [0.1, 0.15) is 54.2 Å². The van der Waals surface area contributed by atoms with E-state index in [2.05, 4.69) is 17.2 Å². The van der Waals surface area contributed by atoms with Crippen LogP contribution >= 0.6 is 12.2 Å². The van der Waals surface area contributed by atoms with Crippen molar-refractivity contribution in [1.29, 1.82) is 5.41 Å². The Morgan fingerprint density at radius 1 is 1.19 bits per heavy atom. The molecule has 2 fully saturated rings. The van der Waals surface area contributed by atoms with Crippen LogP contribution in [0.2, 0.25) is 0 Å². The minimum atomic E-state index is -3.03. The van der Waals surface area contributed by atoms with Gasteiger partial charge in [0, 0.05) is 20.5 Å². The summed E-state index contributed by atoms with van der Waals surface area (Å²) in [4.78, 5) is 66.3. The molecule has 2 heterocycles. The fourth-order valence-corrected chi connectivity index (χ4v) is 6.56. The highest BCUT2D eigenvalue weighted by Crippen LogP contribution is 2.42. The molecule has 2 saturated heterocycles. The number of hydrogen-bond acceptors (Lipinski definition) is 19. The summed E-state index contributed by atoms with van der Waals surface area (Å²) < 4.78 is 40.0. The Morgan fingerprint density at radius 3 is 2.37 bits per heavy atom. The predicted octanol–water partition coefficient (Wildman–Crippen LogP) is 0.461. The van der Waals surface area contributed by atoms with Gasteiger partial charge >= 0.3 is 23.9 Å². The number of carboxylic acid groups (broad SMARTS) is 1. The van der Waals surface area contributed by atoms with Gasteiger partial charge in [-0.3, -0.25) is 19.8 Å². The Kier molecular flexibility index (Phi) is 14.9. The molecule has 0 bridgehead atoms. The Balaban J connectivity index is 2.14. The molecule has 20 heteroatoms. The molecule has 12 atom stereocenters. The molecule has 12 unspecified atom stereocenters. The maximum absolute atomic E-state index is 13.3. The van der Waals surface area contributed by atoms with Crippen LogP contribution in [0, 0.1) is 11.3 Å². The fraction of sp³-hybridized carbons (Fsp3) is 0.676. The molecule has 3 aliphatic rings.